The van der Waals surface area contributed by atoms with Crippen LogP contribution in [0, 0.1) is 0 Å². The minimum atomic E-state index is 0.650. The van der Waals surface area contributed by atoms with Gasteiger partial charge in [0, 0.05) is 20.7 Å². The Morgan fingerprint density at radius 3 is 2.70 bits per heavy atom. The highest BCUT2D eigenvalue weighted by Gasteiger charge is 2.05. The number of ether oxygens (including phenoxy) is 1. The lowest BCUT2D eigenvalue weighted by Gasteiger charge is -2.13. The van der Waals surface area contributed by atoms with Gasteiger partial charge in [-0.05, 0) is 52.7 Å². The molecule has 0 aliphatic carbocycles. The number of hydrogen-bond acceptors (Lipinski definition) is 3. The standard InChI is InChI=1S/C15H16Br2N2O/c1-2-7-20-15-9-11(4-6-13(15)18)19-14-8-10(16)3-5-12(14)17/h3-6,8-9,19H,2,7,18H2,1H3. The van der Waals surface area contributed by atoms with Crippen LogP contribution in [0.2, 0.25) is 0 Å². The highest BCUT2D eigenvalue weighted by atomic mass is 79.9. The number of nitrogen functional groups attached to an aromatic ring is 1. The third kappa shape index (κ3) is 3.90. The normalized spacial score (nSPS) is 10.3. The Hall–Kier alpha value is -1.20. The molecule has 0 aliphatic heterocycles. The minimum absolute atomic E-state index is 0.650. The van der Waals surface area contributed by atoms with E-state index in [0.717, 1.165) is 26.7 Å². The second-order valence-corrected chi connectivity index (χ2v) is 6.12. The van der Waals surface area contributed by atoms with Crippen molar-refractivity contribution in [2.45, 2.75) is 13.3 Å². The van der Waals surface area contributed by atoms with Gasteiger partial charge < -0.3 is 15.8 Å². The van der Waals surface area contributed by atoms with Crippen molar-refractivity contribution in [1.29, 1.82) is 0 Å². The van der Waals surface area contributed by atoms with Crippen LogP contribution in [0.25, 0.3) is 0 Å². The number of halogens is 2. The van der Waals surface area contributed by atoms with Gasteiger partial charge >= 0.3 is 0 Å². The molecule has 0 saturated heterocycles. The van der Waals surface area contributed by atoms with Gasteiger partial charge in [-0.1, -0.05) is 22.9 Å². The molecule has 0 radical (unpaired) electrons. The molecular weight excluding hydrogens is 384 g/mol. The molecule has 2 rings (SSSR count). The zero-order valence-electron chi connectivity index (χ0n) is 11.1. The van der Waals surface area contributed by atoms with Gasteiger partial charge in [-0.25, -0.2) is 0 Å². The van der Waals surface area contributed by atoms with E-state index in [0.29, 0.717) is 18.0 Å². The predicted molar refractivity (Wildman–Crippen MR) is 91.8 cm³/mol. The number of nitrogens with two attached hydrogens (primary N) is 1. The van der Waals surface area contributed by atoms with Gasteiger partial charge in [0.05, 0.1) is 18.0 Å². The average molecular weight is 400 g/mol. The van der Waals surface area contributed by atoms with Crippen LogP contribution >= 0.6 is 31.9 Å². The Morgan fingerprint density at radius 2 is 1.95 bits per heavy atom. The first-order valence-corrected chi connectivity index (χ1v) is 7.93. The van der Waals surface area contributed by atoms with Crippen molar-refractivity contribution in [3.63, 3.8) is 0 Å². The molecule has 0 spiro atoms. The van der Waals surface area contributed by atoms with Crippen LogP contribution in [0.1, 0.15) is 13.3 Å². The van der Waals surface area contributed by atoms with Gasteiger partial charge in [0.1, 0.15) is 5.75 Å². The summed E-state index contributed by atoms with van der Waals surface area (Å²) in [6, 6.07) is 11.7. The van der Waals surface area contributed by atoms with E-state index in [1.807, 2.05) is 36.4 Å². The maximum atomic E-state index is 5.91. The molecule has 3 N–H and O–H groups in total. The third-order valence-corrected chi connectivity index (χ3v) is 3.87. The molecule has 20 heavy (non-hydrogen) atoms. The molecule has 2 aromatic carbocycles. The fourth-order valence-electron chi connectivity index (χ4n) is 1.70. The molecule has 0 amide bonds. The first-order chi connectivity index (χ1) is 9.60. The lowest BCUT2D eigenvalue weighted by atomic mass is 10.2. The molecule has 0 saturated carbocycles. The van der Waals surface area contributed by atoms with E-state index in [2.05, 4.69) is 44.1 Å². The largest absolute Gasteiger partial charge is 0.491 e. The zero-order chi connectivity index (χ0) is 14.5. The molecule has 5 heteroatoms. The number of anilines is 3. The number of nitrogens with one attached hydrogen (secondary N) is 1. The Kier molecular flexibility index (Phi) is 5.31. The molecule has 3 nitrogen and oxygen atoms in total. The number of rotatable bonds is 5. The van der Waals surface area contributed by atoms with Crippen molar-refractivity contribution in [2.24, 2.45) is 0 Å². The molecular formula is C15H16Br2N2O. The summed E-state index contributed by atoms with van der Waals surface area (Å²) in [5.41, 5.74) is 8.47. The second-order valence-electron chi connectivity index (χ2n) is 4.35. The predicted octanol–water partition coefficient (Wildman–Crippen LogP) is 5.33. The molecule has 0 aromatic heterocycles. The topological polar surface area (TPSA) is 47.3 Å². The van der Waals surface area contributed by atoms with E-state index in [1.54, 1.807) is 0 Å². The Balaban J connectivity index is 2.22. The molecule has 106 valence electrons. The molecule has 0 fully saturated rings. The summed E-state index contributed by atoms with van der Waals surface area (Å²) < 4.78 is 7.64. The van der Waals surface area contributed by atoms with Gasteiger partial charge in [0.25, 0.3) is 0 Å². The number of benzene rings is 2. The average Bonchev–Trinajstić information content (AvgIpc) is 2.43. The summed E-state index contributed by atoms with van der Waals surface area (Å²) in [6.07, 6.45) is 0.953. The Labute approximate surface area is 135 Å². The smallest absolute Gasteiger partial charge is 0.144 e. The van der Waals surface area contributed by atoms with E-state index in [4.69, 9.17) is 10.5 Å². The van der Waals surface area contributed by atoms with Gasteiger partial charge in [-0.2, -0.15) is 0 Å². The van der Waals surface area contributed by atoms with Crippen molar-refractivity contribution in [3.8, 4) is 5.75 Å². The van der Waals surface area contributed by atoms with Crippen LogP contribution in [0.3, 0.4) is 0 Å². The first kappa shape index (κ1) is 15.2. The first-order valence-electron chi connectivity index (χ1n) is 6.34. The lowest BCUT2D eigenvalue weighted by Crippen LogP contribution is -2.00. The van der Waals surface area contributed by atoms with E-state index >= 15 is 0 Å². The lowest BCUT2D eigenvalue weighted by molar-refractivity contribution is 0.319. The van der Waals surface area contributed by atoms with Gasteiger partial charge in [0.2, 0.25) is 0 Å². The SMILES string of the molecule is CCCOc1cc(Nc2cc(Br)ccc2Br)ccc1N. The number of hydrogen-bond donors (Lipinski definition) is 2. The van der Waals surface area contributed by atoms with Crippen LogP contribution < -0.4 is 15.8 Å². The van der Waals surface area contributed by atoms with Gasteiger partial charge in [-0.15, -0.1) is 0 Å². The maximum absolute atomic E-state index is 5.91. The Bertz CT molecular complexity index is 602. The fourth-order valence-corrected chi connectivity index (χ4v) is 2.40. The van der Waals surface area contributed by atoms with E-state index in [-0.39, 0.29) is 0 Å². The molecule has 0 bridgehead atoms. The zero-order valence-corrected chi connectivity index (χ0v) is 14.3. The van der Waals surface area contributed by atoms with Crippen molar-refractivity contribution in [2.75, 3.05) is 17.7 Å². The quantitative estimate of drug-likeness (QED) is 0.668. The molecule has 0 heterocycles. The molecule has 2 aromatic rings. The van der Waals surface area contributed by atoms with Crippen LogP contribution in [0.5, 0.6) is 5.75 Å². The van der Waals surface area contributed by atoms with E-state index < -0.39 is 0 Å². The summed E-state index contributed by atoms with van der Waals surface area (Å²) in [5, 5.41) is 3.34. The molecule has 0 atom stereocenters. The van der Waals surface area contributed by atoms with E-state index in [9.17, 15) is 0 Å². The summed E-state index contributed by atoms with van der Waals surface area (Å²) in [5.74, 6) is 0.711. The maximum Gasteiger partial charge on any atom is 0.144 e. The Morgan fingerprint density at radius 1 is 1.15 bits per heavy atom. The van der Waals surface area contributed by atoms with Crippen molar-refractivity contribution in [3.05, 3.63) is 45.3 Å². The van der Waals surface area contributed by atoms with Crippen molar-refractivity contribution in [1.82, 2.24) is 0 Å². The van der Waals surface area contributed by atoms with Crippen molar-refractivity contribution >= 4 is 48.9 Å². The molecule has 0 unspecified atom stereocenters. The summed E-state index contributed by atoms with van der Waals surface area (Å²) in [7, 11) is 0. The summed E-state index contributed by atoms with van der Waals surface area (Å²) in [6.45, 7) is 2.73. The fraction of sp³-hybridized carbons (Fsp3) is 0.200. The van der Waals surface area contributed by atoms with E-state index in [1.165, 1.54) is 0 Å². The highest BCUT2D eigenvalue weighted by Crippen LogP contribution is 2.32. The third-order valence-electron chi connectivity index (χ3n) is 2.68. The van der Waals surface area contributed by atoms with Gasteiger partial charge in [0.15, 0.2) is 0 Å². The summed E-state index contributed by atoms with van der Waals surface area (Å²) >= 11 is 6.99. The van der Waals surface area contributed by atoms with Crippen LogP contribution in [0.15, 0.2) is 45.3 Å². The minimum Gasteiger partial charge on any atom is -0.491 e. The van der Waals surface area contributed by atoms with Crippen molar-refractivity contribution < 1.29 is 4.74 Å². The van der Waals surface area contributed by atoms with Crippen LogP contribution in [-0.4, -0.2) is 6.61 Å². The summed E-state index contributed by atoms with van der Waals surface area (Å²) in [4.78, 5) is 0. The second kappa shape index (κ2) is 6.99. The highest BCUT2D eigenvalue weighted by molar-refractivity contribution is 9.11. The molecule has 0 aliphatic rings. The van der Waals surface area contributed by atoms with Gasteiger partial charge in [-0.3, -0.25) is 0 Å². The van der Waals surface area contributed by atoms with Crippen LogP contribution in [-0.2, 0) is 0 Å². The van der Waals surface area contributed by atoms with Crippen LogP contribution in [0.4, 0.5) is 17.1 Å². The monoisotopic (exact) mass is 398 g/mol.